The Morgan fingerprint density at radius 2 is 0.848 bits per heavy atom. The number of phenolic OH excluding ortho intramolecular Hbond substituents is 6. The summed E-state index contributed by atoms with van der Waals surface area (Å²) in [6.07, 6.45) is 0.441. The zero-order valence-electron chi connectivity index (χ0n) is 24.7. The van der Waals surface area contributed by atoms with Crippen LogP contribution in [-0.2, 0) is 0 Å². The number of hydrogen-bond acceptors (Lipinski definition) is 11. The number of rotatable bonds is 16. The number of nitrogens with zero attached hydrogens (tertiary/aromatic N) is 1. The van der Waals surface area contributed by atoms with E-state index < -0.39 is 62.7 Å². The summed E-state index contributed by atoms with van der Waals surface area (Å²) < 4.78 is 0. The van der Waals surface area contributed by atoms with Crippen molar-refractivity contribution >= 4 is 17.7 Å². The summed E-state index contributed by atoms with van der Waals surface area (Å²) in [5, 5.41) is 78.9. The van der Waals surface area contributed by atoms with Crippen LogP contribution in [-0.4, -0.2) is 78.5 Å². The maximum absolute atomic E-state index is 12.5. The summed E-state index contributed by atoms with van der Waals surface area (Å²) in [5.41, 5.74) is -2.03. The highest BCUT2D eigenvalue weighted by Gasteiger charge is 2.41. The van der Waals surface area contributed by atoms with Crippen molar-refractivity contribution in [3.05, 3.63) is 81.4 Å². The Hall–Kier alpha value is -5.73. The summed E-state index contributed by atoms with van der Waals surface area (Å²) in [4.78, 5) is 49.5. The number of carbonyl (C=O) groups is 3. The molecule has 3 aromatic carbocycles. The van der Waals surface area contributed by atoms with Crippen LogP contribution in [0.1, 0.15) is 69.6 Å². The van der Waals surface area contributed by atoms with Crippen LogP contribution < -0.4 is 16.0 Å². The number of hydrogen-bond donors (Lipinski definition) is 9. The molecule has 0 aliphatic carbocycles. The van der Waals surface area contributed by atoms with Gasteiger partial charge in [-0.25, -0.2) is 0 Å². The van der Waals surface area contributed by atoms with Crippen LogP contribution in [0.5, 0.6) is 34.5 Å². The molecule has 0 atom stereocenters. The fourth-order valence-corrected chi connectivity index (χ4v) is 4.94. The highest BCUT2D eigenvalue weighted by Crippen LogP contribution is 2.31. The van der Waals surface area contributed by atoms with Gasteiger partial charge >= 0.3 is 0 Å². The smallest absolute Gasteiger partial charge is 0.255 e. The van der Waals surface area contributed by atoms with Gasteiger partial charge in [-0.3, -0.25) is 24.5 Å². The maximum atomic E-state index is 12.5. The molecular weight excluding hydrogens is 604 g/mol. The van der Waals surface area contributed by atoms with Crippen LogP contribution in [0.15, 0.2) is 54.6 Å². The Morgan fingerprint density at radius 3 is 1.11 bits per heavy atom. The van der Waals surface area contributed by atoms with E-state index in [1.54, 1.807) is 0 Å². The molecule has 246 valence electrons. The van der Waals surface area contributed by atoms with Crippen molar-refractivity contribution in [2.45, 2.75) is 44.1 Å². The average molecular weight is 641 g/mol. The van der Waals surface area contributed by atoms with Gasteiger partial charge in [0.15, 0.2) is 34.5 Å². The first-order valence-corrected chi connectivity index (χ1v) is 14.4. The van der Waals surface area contributed by atoms with E-state index in [1.807, 2.05) is 0 Å². The highest BCUT2D eigenvalue weighted by atomic mass is 16.6. The second-order valence-corrected chi connectivity index (χ2v) is 10.6. The molecule has 3 rings (SSSR count). The summed E-state index contributed by atoms with van der Waals surface area (Å²) in [6.45, 7) is 0.0135. The molecule has 0 saturated carbocycles. The minimum atomic E-state index is -1.53. The molecule has 0 radical (unpaired) electrons. The minimum absolute atomic E-state index is 0.00451. The predicted molar refractivity (Wildman–Crippen MR) is 164 cm³/mol. The zero-order chi connectivity index (χ0) is 33.9. The van der Waals surface area contributed by atoms with E-state index in [2.05, 4.69) is 16.0 Å². The van der Waals surface area contributed by atoms with Crippen molar-refractivity contribution < 1.29 is 49.9 Å². The first-order valence-electron chi connectivity index (χ1n) is 14.4. The third-order valence-corrected chi connectivity index (χ3v) is 7.48. The van der Waals surface area contributed by atoms with E-state index >= 15 is 0 Å². The number of para-hydroxylation sites is 3. The second-order valence-electron chi connectivity index (χ2n) is 10.6. The molecule has 9 N–H and O–H groups in total. The highest BCUT2D eigenvalue weighted by molar-refractivity contribution is 5.98. The average Bonchev–Trinajstić information content (AvgIpc) is 3.02. The van der Waals surface area contributed by atoms with Gasteiger partial charge in [-0.2, -0.15) is 0 Å². The van der Waals surface area contributed by atoms with Gasteiger partial charge in [0.1, 0.15) is 0 Å². The van der Waals surface area contributed by atoms with Gasteiger partial charge in [0.05, 0.1) is 16.7 Å². The molecule has 0 saturated heterocycles. The number of nitrogens with one attached hydrogen (secondary N) is 3. The summed E-state index contributed by atoms with van der Waals surface area (Å²) in [5.74, 6) is -5.26. The Labute approximate surface area is 263 Å². The lowest BCUT2D eigenvalue weighted by atomic mass is 9.84. The quantitative estimate of drug-likeness (QED) is 0.0476. The topological polar surface area (TPSA) is 252 Å². The lowest BCUT2D eigenvalue weighted by Gasteiger charge is -2.26. The minimum Gasteiger partial charge on any atom is -0.504 e. The molecule has 0 aliphatic rings. The largest absolute Gasteiger partial charge is 0.504 e. The fraction of sp³-hybridized carbons (Fsp3) is 0.323. The van der Waals surface area contributed by atoms with Crippen molar-refractivity contribution in [2.75, 3.05) is 19.6 Å². The first-order chi connectivity index (χ1) is 21.9. The number of aromatic hydroxyl groups is 6. The third-order valence-electron chi connectivity index (χ3n) is 7.48. The van der Waals surface area contributed by atoms with Gasteiger partial charge in [0.25, 0.3) is 17.7 Å². The molecule has 3 aromatic rings. The first kappa shape index (κ1) is 34.8. The lowest BCUT2D eigenvalue weighted by Crippen LogP contribution is -2.41. The van der Waals surface area contributed by atoms with Gasteiger partial charge in [-0.1, -0.05) is 18.2 Å². The number of phenols is 6. The Balaban J connectivity index is 1.63. The van der Waals surface area contributed by atoms with Crippen LogP contribution in [0.2, 0.25) is 0 Å². The zero-order valence-corrected chi connectivity index (χ0v) is 24.7. The number of amides is 3. The molecule has 0 aromatic heterocycles. The van der Waals surface area contributed by atoms with Crippen molar-refractivity contribution in [3.8, 4) is 34.5 Å². The monoisotopic (exact) mass is 640 g/mol. The molecule has 0 aliphatic heterocycles. The van der Waals surface area contributed by atoms with Gasteiger partial charge in [0.2, 0.25) is 5.54 Å². The van der Waals surface area contributed by atoms with Crippen LogP contribution in [0.4, 0.5) is 0 Å². The summed E-state index contributed by atoms with van der Waals surface area (Å²) in [6, 6.07) is 11.7. The van der Waals surface area contributed by atoms with Crippen molar-refractivity contribution in [3.63, 3.8) is 0 Å². The molecule has 15 nitrogen and oxygen atoms in total. The predicted octanol–water partition coefficient (Wildman–Crippen LogP) is 2.87. The van der Waals surface area contributed by atoms with Crippen LogP contribution in [0, 0.1) is 10.1 Å². The maximum Gasteiger partial charge on any atom is 0.255 e. The van der Waals surface area contributed by atoms with Gasteiger partial charge in [-0.05, 0) is 55.7 Å². The van der Waals surface area contributed by atoms with Gasteiger partial charge < -0.3 is 46.6 Å². The molecule has 15 heteroatoms. The number of nitro groups is 1. The van der Waals surface area contributed by atoms with Crippen molar-refractivity contribution in [2.24, 2.45) is 0 Å². The molecular formula is C31H36N4O11. The van der Waals surface area contributed by atoms with Crippen LogP contribution in [0.3, 0.4) is 0 Å². The Morgan fingerprint density at radius 1 is 0.565 bits per heavy atom. The molecule has 0 unspecified atom stereocenters. The van der Waals surface area contributed by atoms with E-state index in [4.69, 9.17) is 0 Å². The second kappa shape index (κ2) is 15.8. The molecule has 46 heavy (non-hydrogen) atoms. The molecule has 3 amide bonds. The Bertz CT molecular complexity index is 1410. The van der Waals surface area contributed by atoms with Crippen molar-refractivity contribution in [1.29, 1.82) is 0 Å². The SMILES string of the molecule is O=C(NCCCC(CCCNC(=O)c1cccc(O)c1O)(CCCNC(=O)c1cccc(O)c1O)[N+](=O)[O-])c1cccc(O)c1O. The number of benzene rings is 3. The van der Waals surface area contributed by atoms with E-state index in [0.717, 1.165) is 0 Å². The number of carbonyl (C=O) groups excluding carboxylic acids is 3. The van der Waals surface area contributed by atoms with Crippen molar-refractivity contribution in [1.82, 2.24) is 16.0 Å². The summed E-state index contributed by atoms with van der Waals surface area (Å²) >= 11 is 0. The fourth-order valence-electron chi connectivity index (χ4n) is 4.94. The molecule has 0 spiro atoms. The Kier molecular flexibility index (Phi) is 12.0. The molecule has 0 fully saturated rings. The summed E-state index contributed by atoms with van der Waals surface area (Å²) in [7, 11) is 0. The molecule has 0 heterocycles. The van der Waals surface area contributed by atoms with E-state index in [-0.39, 0.29) is 74.8 Å². The normalized spacial score (nSPS) is 11.0. The van der Waals surface area contributed by atoms with E-state index in [0.29, 0.717) is 0 Å². The lowest BCUT2D eigenvalue weighted by molar-refractivity contribution is -0.574. The van der Waals surface area contributed by atoms with Gasteiger partial charge in [0, 0.05) is 43.8 Å². The third kappa shape index (κ3) is 8.68. The van der Waals surface area contributed by atoms with E-state index in [9.17, 15) is 55.1 Å². The molecule has 0 bridgehead atoms. The van der Waals surface area contributed by atoms with Gasteiger partial charge in [-0.15, -0.1) is 0 Å². The van der Waals surface area contributed by atoms with Crippen LogP contribution >= 0.6 is 0 Å². The standard InChI is InChI=1S/C31H36N4O11/c36-22-10-1-7-19(25(22)39)28(42)32-16-4-13-31(35(45)46,14-5-17-33-29(43)20-8-2-11-23(37)26(20)40)15-6-18-34-30(44)21-9-3-12-24(38)27(21)41/h1-3,7-12,36-41H,4-6,13-18H2,(H,32,42)(H,33,43)(H,34,44). The van der Waals surface area contributed by atoms with E-state index in [1.165, 1.54) is 54.6 Å². The van der Waals surface area contributed by atoms with Crippen LogP contribution in [0.25, 0.3) is 0 Å².